The van der Waals surface area contributed by atoms with E-state index in [4.69, 9.17) is 5.26 Å². The number of hydrogen-bond acceptors (Lipinski definition) is 3. The highest BCUT2D eigenvalue weighted by Crippen LogP contribution is 2.16. The van der Waals surface area contributed by atoms with Crippen LogP contribution in [0.25, 0.3) is 11.4 Å². The molecule has 2 aromatic rings. The van der Waals surface area contributed by atoms with Crippen LogP contribution in [0, 0.1) is 18.3 Å². The van der Waals surface area contributed by atoms with Crippen molar-refractivity contribution >= 4 is 0 Å². The molecule has 0 aliphatic carbocycles. The minimum atomic E-state index is 0.252. The molecule has 5 nitrogen and oxygen atoms in total. The highest BCUT2D eigenvalue weighted by atomic mass is 15.3. The first-order chi connectivity index (χ1) is 6.81. The Morgan fingerprint density at radius 2 is 2.50 bits per heavy atom. The fourth-order valence-corrected chi connectivity index (χ4v) is 1.35. The lowest BCUT2D eigenvalue weighted by Gasteiger charge is -1.98. The Morgan fingerprint density at radius 3 is 3.14 bits per heavy atom. The van der Waals surface area contributed by atoms with Gasteiger partial charge in [-0.1, -0.05) is 0 Å². The summed E-state index contributed by atoms with van der Waals surface area (Å²) < 4.78 is 1.66. The Balaban J connectivity index is 2.48. The second kappa shape index (κ2) is 3.34. The number of imidazole rings is 1. The zero-order valence-electron chi connectivity index (χ0n) is 7.73. The van der Waals surface area contributed by atoms with E-state index in [-0.39, 0.29) is 6.54 Å². The van der Waals surface area contributed by atoms with Crippen LogP contribution in [0.5, 0.6) is 0 Å². The summed E-state index contributed by atoms with van der Waals surface area (Å²) in [4.78, 5) is 6.91. The van der Waals surface area contributed by atoms with E-state index in [0.29, 0.717) is 0 Å². The summed E-state index contributed by atoms with van der Waals surface area (Å²) >= 11 is 0. The third-order valence-electron chi connectivity index (χ3n) is 1.90. The average Bonchev–Trinajstić information content (AvgIpc) is 2.74. The third-order valence-corrected chi connectivity index (χ3v) is 1.90. The van der Waals surface area contributed by atoms with Crippen LogP contribution in [-0.4, -0.2) is 19.7 Å². The number of hydrogen-bond donors (Lipinski definition) is 1. The van der Waals surface area contributed by atoms with Crippen LogP contribution in [0.4, 0.5) is 0 Å². The van der Waals surface area contributed by atoms with Crippen molar-refractivity contribution in [2.75, 3.05) is 0 Å². The van der Waals surface area contributed by atoms with E-state index in [9.17, 15) is 0 Å². The van der Waals surface area contributed by atoms with Crippen molar-refractivity contribution in [1.82, 2.24) is 19.7 Å². The van der Waals surface area contributed by atoms with Crippen molar-refractivity contribution < 1.29 is 0 Å². The summed E-state index contributed by atoms with van der Waals surface area (Å²) in [6, 6.07) is 3.99. The molecule has 0 unspecified atom stereocenters. The predicted octanol–water partition coefficient (Wildman–Crippen LogP) is 1.11. The molecule has 2 heterocycles. The number of nitriles is 1. The number of rotatable bonds is 2. The first-order valence-electron chi connectivity index (χ1n) is 4.21. The number of aromatic amines is 1. The van der Waals surface area contributed by atoms with Gasteiger partial charge in [0.15, 0.2) is 0 Å². The van der Waals surface area contributed by atoms with Crippen LogP contribution in [0.1, 0.15) is 5.69 Å². The van der Waals surface area contributed by atoms with Crippen molar-refractivity contribution in [1.29, 1.82) is 5.26 Å². The molecule has 0 aliphatic rings. The summed E-state index contributed by atoms with van der Waals surface area (Å²) in [5.74, 6) is 0. The lowest BCUT2D eigenvalue weighted by molar-refractivity contribution is 0.707. The molecule has 14 heavy (non-hydrogen) atoms. The molecule has 0 aliphatic heterocycles. The number of nitrogens with zero attached hydrogens (tertiary/aromatic N) is 4. The van der Waals surface area contributed by atoms with Gasteiger partial charge in [0, 0.05) is 0 Å². The zero-order valence-corrected chi connectivity index (χ0v) is 7.73. The smallest absolute Gasteiger partial charge is 0.128 e. The van der Waals surface area contributed by atoms with E-state index < -0.39 is 0 Å². The first kappa shape index (κ1) is 8.51. The topological polar surface area (TPSA) is 70.3 Å². The van der Waals surface area contributed by atoms with Crippen LogP contribution < -0.4 is 0 Å². The van der Waals surface area contributed by atoms with Crippen LogP contribution in [0.3, 0.4) is 0 Å². The van der Waals surface area contributed by atoms with Crippen molar-refractivity contribution in [3.63, 3.8) is 0 Å². The van der Waals surface area contributed by atoms with Gasteiger partial charge in [-0.3, -0.25) is 0 Å². The van der Waals surface area contributed by atoms with Gasteiger partial charge in [0.1, 0.15) is 6.54 Å². The lowest BCUT2D eigenvalue weighted by atomic mass is 10.3. The molecule has 0 saturated carbocycles. The molecular formula is C9H9N5. The molecular weight excluding hydrogens is 178 g/mol. The second-order valence-electron chi connectivity index (χ2n) is 2.95. The standard InChI is InChI=1S/C9H9N5/c1-7-4-9(8-5-11-6-12-8)14(13-7)3-2-10/h4-6H,3H2,1H3,(H,11,12). The zero-order chi connectivity index (χ0) is 9.97. The van der Waals surface area contributed by atoms with Gasteiger partial charge in [0.2, 0.25) is 0 Å². The Hall–Kier alpha value is -2.09. The molecule has 0 bridgehead atoms. The lowest BCUT2D eigenvalue weighted by Crippen LogP contribution is -2.00. The first-order valence-corrected chi connectivity index (χ1v) is 4.21. The van der Waals surface area contributed by atoms with Gasteiger partial charge in [-0.05, 0) is 13.0 Å². The van der Waals surface area contributed by atoms with Gasteiger partial charge < -0.3 is 4.98 Å². The molecule has 0 radical (unpaired) electrons. The molecule has 0 aromatic carbocycles. The van der Waals surface area contributed by atoms with Crippen LogP contribution in [-0.2, 0) is 6.54 Å². The van der Waals surface area contributed by atoms with Gasteiger partial charge in [0.25, 0.3) is 0 Å². The normalized spacial score (nSPS) is 10.0. The summed E-state index contributed by atoms with van der Waals surface area (Å²) in [7, 11) is 0. The quantitative estimate of drug-likeness (QED) is 0.765. The predicted molar refractivity (Wildman–Crippen MR) is 50.2 cm³/mol. The van der Waals surface area contributed by atoms with Crippen molar-refractivity contribution in [2.24, 2.45) is 0 Å². The summed E-state index contributed by atoms with van der Waals surface area (Å²) in [6.45, 7) is 2.15. The van der Waals surface area contributed by atoms with Crippen LogP contribution in [0.2, 0.25) is 0 Å². The van der Waals surface area contributed by atoms with Crippen molar-refractivity contribution in [2.45, 2.75) is 13.5 Å². The van der Waals surface area contributed by atoms with Gasteiger partial charge in [-0.2, -0.15) is 10.4 Å². The molecule has 0 saturated heterocycles. The van der Waals surface area contributed by atoms with Crippen LogP contribution in [0.15, 0.2) is 18.6 Å². The number of nitrogens with one attached hydrogen (secondary N) is 1. The molecule has 0 atom stereocenters. The summed E-state index contributed by atoms with van der Waals surface area (Å²) in [5, 5.41) is 12.8. The number of H-pyrrole nitrogens is 1. The second-order valence-corrected chi connectivity index (χ2v) is 2.95. The summed E-state index contributed by atoms with van der Waals surface area (Å²) in [6.07, 6.45) is 3.32. The molecule has 0 spiro atoms. The number of aromatic nitrogens is 4. The van der Waals surface area contributed by atoms with Gasteiger partial charge >= 0.3 is 0 Å². The van der Waals surface area contributed by atoms with E-state index in [0.717, 1.165) is 17.1 Å². The Morgan fingerprint density at radius 1 is 1.64 bits per heavy atom. The minimum Gasteiger partial charge on any atom is -0.343 e. The van der Waals surface area contributed by atoms with Gasteiger partial charge in [0.05, 0.1) is 35.7 Å². The Kier molecular flexibility index (Phi) is 2.03. The SMILES string of the molecule is Cc1cc(-c2cnc[nH]2)n(CC#N)n1. The van der Waals surface area contributed by atoms with Crippen molar-refractivity contribution in [3.05, 3.63) is 24.3 Å². The maximum Gasteiger partial charge on any atom is 0.128 e. The Labute approximate surface area is 81.0 Å². The van der Waals surface area contributed by atoms with Crippen LogP contribution >= 0.6 is 0 Å². The molecule has 1 N–H and O–H groups in total. The molecule has 70 valence electrons. The van der Waals surface area contributed by atoms with Gasteiger partial charge in [-0.15, -0.1) is 0 Å². The third kappa shape index (κ3) is 1.38. The average molecular weight is 187 g/mol. The highest BCUT2D eigenvalue weighted by molar-refractivity contribution is 5.53. The molecule has 0 amide bonds. The molecule has 5 heteroatoms. The summed E-state index contributed by atoms with van der Waals surface area (Å²) in [5.41, 5.74) is 2.66. The maximum absolute atomic E-state index is 8.61. The fourth-order valence-electron chi connectivity index (χ4n) is 1.35. The minimum absolute atomic E-state index is 0.252. The van der Waals surface area contributed by atoms with E-state index in [1.165, 1.54) is 0 Å². The van der Waals surface area contributed by atoms with E-state index in [1.807, 2.05) is 13.0 Å². The fraction of sp³-hybridized carbons (Fsp3) is 0.222. The van der Waals surface area contributed by atoms with E-state index in [2.05, 4.69) is 21.1 Å². The molecule has 0 fully saturated rings. The number of aryl methyl sites for hydroxylation is 1. The maximum atomic E-state index is 8.61. The monoisotopic (exact) mass is 187 g/mol. The van der Waals surface area contributed by atoms with E-state index >= 15 is 0 Å². The highest BCUT2D eigenvalue weighted by Gasteiger charge is 2.07. The Bertz CT molecular complexity index is 460. The van der Waals surface area contributed by atoms with Gasteiger partial charge in [-0.25, -0.2) is 9.67 Å². The molecule has 2 aromatic heterocycles. The molecule has 2 rings (SSSR count). The van der Waals surface area contributed by atoms with E-state index in [1.54, 1.807) is 17.2 Å². The van der Waals surface area contributed by atoms with Crippen molar-refractivity contribution in [3.8, 4) is 17.5 Å². The largest absolute Gasteiger partial charge is 0.343 e.